The number of hydrogen-bond acceptors (Lipinski definition) is 4. The summed E-state index contributed by atoms with van der Waals surface area (Å²) < 4.78 is 13.6. The number of benzene rings is 1. The Morgan fingerprint density at radius 3 is 2.50 bits per heavy atom. The molecule has 2 saturated heterocycles. The molecule has 0 radical (unpaired) electrons. The van der Waals surface area contributed by atoms with Crippen molar-refractivity contribution in [3.63, 3.8) is 0 Å². The SMILES string of the molecule is NC1CC2CCCC(C1)N2c1cc(F)cc([N+](=O)[O-])c1. The Morgan fingerprint density at radius 2 is 1.90 bits per heavy atom. The third-order valence-corrected chi connectivity index (χ3v) is 4.39. The second-order valence-corrected chi connectivity index (χ2v) is 5.80. The third-order valence-electron chi connectivity index (χ3n) is 4.39. The molecule has 0 saturated carbocycles. The first-order valence-corrected chi connectivity index (χ1v) is 7.03. The molecular formula is C14H18FN3O2. The Bertz CT molecular complexity index is 523. The molecule has 2 heterocycles. The molecular weight excluding hydrogens is 261 g/mol. The van der Waals surface area contributed by atoms with Gasteiger partial charge in [-0.1, -0.05) is 0 Å². The van der Waals surface area contributed by atoms with Gasteiger partial charge in [0.05, 0.1) is 11.0 Å². The zero-order chi connectivity index (χ0) is 14.3. The molecule has 2 atom stereocenters. The van der Waals surface area contributed by atoms with E-state index in [1.54, 1.807) is 0 Å². The van der Waals surface area contributed by atoms with Gasteiger partial charge in [0.15, 0.2) is 0 Å². The average Bonchev–Trinajstić information content (AvgIpc) is 2.36. The molecule has 0 aromatic heterocycles. The second kappa shape index (κ2) is 5.01. The first-order chi connectivity index (χ1) is 9.54. The minimum Gasteiger partial charge on any atom is -0.365 e. The lowest BCUT2D eigenvalue weighted by Crippen LogP contribution is -2.55. The van der Waals surface area contributed by atoms with Crippen LogP contribution in [0.3, 0.4) is 0 Å². The molecule has 2 bridgehead atoms. The predicted molar refractivity (Wildman–Crippen MR) is 74.2 cm³/mol. The number of nitro benzene ring substituents is 1. The molecule has 1 aromatic carbocycles. The van der Waals surface area contributed by atoms with E-state index in [2.05, 4.69) is 4.90 Å². The van der Waals surface area contributed by atoms with E-state index in [-0.39, 0.29) is 23.8 Å². The molecule has 20 heavy (non-hydrogen) atoms. The number of fused-ring (bicyclic) bond motifs is 2. The molecule has 6 heteroatoms. The zero-order valence-electron chi connectivity index (χ0n) is 11.2. The first-order valence-electron chi connectivity index (χ1n) is 7.03. The van der Waals surface area contributed by atoms with E-state index in [4.69, 9.17) is 5.73 Å². The highest BCUT2D eigenvalue weighted by Gasteiger charge is 2.37. The Hall–Kier alpha value is -1.69. The second-order valence-electron chi connectivity index (χ2n) is 5.80. The minimum absolute atomic E-state index is 0.185. The highest BCUT2D eigenvalue weighted by Crippen LogP contribution is 2.38. The molecule has 5 nitrogen and oxygen atoms in total. The number of hydrogen-bond donors (Lipinski definition) is 1. The number of non-ortho nitro benzene ring substituents is 1. The minimum atomic E-state index is -0.554. The molecule has 108 valence electrons. The van der Waals surface area contributed by atoms with Crippen LogP contribution in [0.15, 0.2) is 18.2 Å². The summed E-state index contributed by atoms with van der Waals surface area (Å²) in [5, 5.41) is 10.9. The number of anilines is 1. The third kappa shape index (κ3) is 2.35. The van der Waals surface area contributed by atoms with E-state index in [0.717, 1.165) is 38.2 Å². The lowest BCUT2D eigenvalue weighted by atomic mass is 9.81. The van der Waals surface area contributed by atoms with Crippen LogP contribution in [0.1, 0.15) is 32.1 Å². The average molecular weight is 279 g/mol. The van der Waals surface area contributed by atoms with Gasteiger partial charge >= 0.3 is 0 Å². The number of piperidine rings is 2. The molecule has 0 aliphatic carbocycles. The molecule has 2 aliphatic rings. The maximum Gasteiger partial charge on any atom is 0.274 e. The van der Waals surface area contributed by atoms with Crippen LogP contribution < -0.4 is 10.6 Å². The van der Waals surface area contributed by atoms with Gasteiger partial charge in [-0.05, 0) is 38.2 Å². The van der Waals surface area contributed by atoms with Crippen molar-refractivity contribution in [3.05, 3.63) is 34.1 Å². The Kier molecular flexibility index (Phi) is 3.33. The van der Waals surface area contributed by atoms with Crippen molar-refractivity contribution in [3.8, 4) is 0 Å². The summed E-state index contributed by atoms with van der Waals surface area (Å²) in [6, 6.07) is 4.58. The van der Waals surface area contributed by atoms with E-state index in [1.807, 2.05) is 0 Å². The monoisotopic (exact) mass is 279 g/mol. The fourth-order valence-electron chi connectivity index (χ4n) is 3.66. The van der Waals surface area contributed by atoms with E-state index >= 15 is 0 Å². The van der Waals surface area contributed by atoms with Crippen molar-refractivity contribution in [1.82, 2.24) is 0 Å². The van der Waals surface area contributed by atoms with Crippen molar-refractivity contribution >= 4 is 11.4 Å². The van der Waals surface area contributed by atoms with Gasteiger partial charge in [0, 0.05) is 29.9 Å². The van der Waals surface area contributed by atoms with Crippen LogP contribution in [-0.2, 0) is 0 Å². The maximum atomic E-state index is 13.6. The van der Waals surface area contributed by atoms with Gasteiger partial charge in [0.25, 0.3) is 5.69 Å². The van der Waals surface area contributed by atoms with E-state index in [1.165, 1.54) is 12.1 Å². The first kappa shape index (κ1) is 13.3. The van der Waals surface area contributed by atoms with Gasteiger partial charge in [-0.15, -0.1) is 0 Å². The largest absolute Gasteiger partial charge is 0.365 e. The molecule has 0 spiro atoms. The molecule has 0 amide bonds. The quantitative estimate of drug-likeness (QED) is 0.667. The van der Waals surface area contributed by atoms with Crippen LogP contribution in [0.4, 0.5) is 15.8 Å². The van der Waals surface area contributed by atoms with Crippen LogP contribution in [0, 0.1) is 15.9 Å². The summed E-state index contributed by atoms with van der Waals surface area (Å²) in [4.78, 5) is 12.5. The van der Waals surface area contributed by atoms with Gasteiger partial charge in [0.2, 0.25) is 0 Å². The lowest BCUT2D eigenvalue weighted by Gasteiger charge is -2.49. The maximum absolute atomic E-state index is 13.6. The van der Waals surface area contributed by atoms with Crippen molar-refractivity contribution in [2.75, 3.05) is 4.90 Å². The molecule has 2 N–H and O–H groups in total. The summed E-state index contributed by atoms with van der Waals surface area (Å²) in [5.74, 6) is -0.554. The Labute approximate surface area is 116 Å². The van der Waals surface area contributed by atoms with Crippen LogP contribution in [0.2, 0.25) is 0 Å². The van der Waals surface area contributed by atoms with Crippen LogP contribution >= 0.6 is 0 Å². The lowest BCUT2D eigenvalue weighted by molar-refractivity contribution is -0.385. The molecule has 3 rings (SSSR count). The highest BCUT2D eigenvalue weighted by molar-refractivity contribution is 5.56. The van der Waals surface area contributed by atoms with Crippen molar-refractivity contribution in [2.45, 2.75) is 50.2 Å². The summed E-state index contributed by atoms with van der Waals surface area (Å²) in [6.07, 6.45) is 4.95. The molecule has 2 unspecified atom stereocenters. The normalized spacial score (nSPS) is 29.3. The van der Waals surface area contributed by atoms with E-state index < -0.39 is 10.7 Å². The fraction of sp³-hybridized carbons (Fsp3) is 0.571. The molecule has 1 aromatic rings. The predicted octanol–water partition coefficient (Wildman–Crippen LogP) is 2.58. The van der Waals surface area contributed by atoms with Gasteiger partial charge in [-0.2, -0.15) is 0 Å². The van der Waals surface area contributed by atoms with Crippen molar-refractivity contribution < 1.29 is 9.31 Å². The van der Waals surface area contributed by atoms with E-state index in [0.29, 0.717) is 5.69 Å². The highest BCUT2D eigenvalue weighted by atomic mass is 19.1. The van der Waals surface area contributed by atoms with Crippen LogP contribution in [0.5, 0.6) is 0 Å². The topological polar surface area (TPSA) is 72.4 Å². The molecule has 2 fully saturated rings. The van der Waals surface area contributed by atoms with Gasteiger partial charge < -0.3 is 10.6 Å². The van der Waals surface area contributed by atoms with Gasteiger partial charge in [-0.3, -0.25) is 10.1 Å². The van der Waals surface area contributed by atoms with Crippen molar-refractivity contribution in [2.24, 2.45) is 5.73 Å². The zero-order valence-corrected chi connectivity index (χ0v) is 11.2. The summed E-state index contributed by atoms with van der Waals surface area (Å²) in [7, 11) is 0. The van der Waals surface area contributed by atoms with E-state index in [9.17, 15) is 14.5 Å². The number of rotatable bonds is 2. The standard InChI is InChI=1S/C14H18FN3O2/c15-9-4-13(8-14(5-9)18(19)20)17-11-2-1-3-12(17)7-10(16)6-11/h4-5,8,10-12H,1-3,6-7,16H2. The van der Waals surface area contributed by atoms with Crippen LogP contribution in [-0.4, -0.2) is 23.0 Å². The molecule has 2 aliphatic heterocycles. The summed E-state index contributed by atoms with van der Waals surface area (Å²) in [6.45, 7) is 0. The number of nitro groups is 1. The Morgan fingerprint density at radius 1 is 1.25 bits per heavy atom. The number of nitrogens with two attached hydrogens (primary N) is 1. The van der Waals surface area contributed by atoms with Gasteiger partial charge in [-0.25, -0.2) is 4.39 Å². The fourth-order valence-corrected chi connectivity index (χ4v) is 3.66. The number of nitrogens with zero attached hydrogens (tertiary/aromatic N) is 2. The summed E-state index contributed by atoms with van der Waals surface area (Å²) in [5.41, 5.74) is 6.50. The van der Waals surface area contributed by atoms with Gasteiger partial charge in [0.1, 0.15) is 5.82 Å². The number of halogens is 1. The van der Waals surface area contributed by atoms with Crippen LogP contribution in [0.25, 0.3) is 0 Å². The summed E-state index contributed by atoms with van der Waals surface area (Å²) >= 11 is 0. The smallest absolute Gasteiger partial charge is 0.274 e. The Balaban J connectivity index is 1.97. The van der Waals surface area contributed by atoms with Crippen molar-refractivity contribution in [1.29, 1.82) is 0 Å².